The Balaban J connectivity index is 0.00000361. The Morgan fingerprint density at radius 1 is 1.40 bits per heavy atom. The zero-order valence-electron chi connectivity index (χ0n) is 11.8. The van der Waals surface area contributed by atoms with Gasteiger partial charge >= 0.3 is 0 Å². The van der Waals surface area contributed by atoms with Crippen molar-refractivity contribution in [2.45, 2.75) is 25.9 Å². The first kappa shape index (κ1) is 19.2. The second-order valence-corrected chi connectivity index (χ2v) is 5.22. The molecule has 0 aliphatic rings. The highest BCUT2D eigenvalue weighted by Crippen LogP contribution is 2.24. The minimum Gasteiger partial charge on any atom is -0.488 e. The van der Waals surface area contributed by atoms with Crippen molar-refractivity contribution in [1.82, 2.24) is 10.6 Å². The van der Waals surface area contributed by atoms with Crippen molar-refractivity contribution in [3.8, 4) is 5.75 Å². The van der Waals surface area contributed by atoms with Gasteiger partial charge in [0, 0.05) is 6.42 Å². The van der Waals surface area contributed by atoms with E-state index in [4.69, 9.17) is 4.74 Å². The van der Waals surface area contributed by atoms with Crippen LogP contribution in [0.4, 0.5) is 0 Å². The molecule has 20 heavy (non-hydrogen) atoms. The summed E-state index contributed by atoms with van der Waals surface area (Å²) < 4.78 is 6.67. The summed E-state index contributed by atoms with van der Waals surface area (Å²) in [5.74, 6) is 0.859. The Morgan fingerprint density at radius 3 is 2.75 bits per heavy atom. The van der Waals surface area contributed by atoms with Crippen molar-refractivity contribution in [2.24, 2.45) is 0 Å². The number of ether oxygens (including phenoxy) is 1. The van der Waals surface area contributed by atoms with Crippen molar-refractivity contribution in [1.29, 1.82) is 0 Å². The summed E-state index contributed by atoms with van der Waals surface area (Å²) in [6.07, 6.45) is 1.33. The lowest BCUT2D eigenvalue weighted by molar-refractivity contribution is -0.121. The van der Waals surface area contributed by atoms with E-state index in [-0.39, 0.29) is 24.4 Å². The number of hydrogen-bond donors (Lipinski definition) is 2. The largest absolute Gasteiger partial charge is 0.488 e. The molecule has 0 saturated heterocycles. The minimum absolute atomic E-state index is 0. The molecule has 1 unspecified atom stereocenters. The zero-order valence-corrected chi connectivity index (χ0v) is 14.2. The van der Waals surface area contributed by atoms with E-state index in [0.29, 0.717) is 13.0 Å². The fraction of sp³-hybridized carbons (Fsp3) is 0.500. The summed E-state index contributed by atoms with van der Waals surface area (Å²) in [5, 5.41) is 5.89. The van der Waals surface area contributed by atoms with Gasteiger partial charge in [-0.05, 0) is 55.0 Å². The molecule has 1 amide bonds. The summed E-state index contributed by atoms with van der Waals surface area (Å²) >= 11 is 3.43. The molecule has 0 aliphatic heterocycles. The van der Waals surface area contributed by atoms with Crippen LogP contribution >= 0.6 is 28.3 Å². The molecule has 1 aromatic rings. The highest BCUT2D eigenvalue weighted by molar-refractivity contribution is 9.10. The topological polar surface area (TPSA) is 50.4 Å². The maximum absolute atomic E-state index is 11.5. The summed E-state index contributed by atoms with van der Waals surface area (Å²) in [6.45, 7) is 3.31. The first-order chi connectivity index (χ1) is 9.13. The Hall–Kier alpha value is -0.780. The first-order valence-corrected chi connectivity index (χ1v) is 7.25. The summed E-state index contributed by atoms with van der Waals surface area (Å²) in [7, 11) is 1.88. The number of nitrogens with one attached hydrogen (secondary N) is 2. The maximum Gasteiger partial charge on any atom is 0.220 e. The Kier molecular flexibility index (Phi) is 10.5. The van der Waals surface area contributed by atoms with Crippen LogP contribution in [0, 0.1) is 0 Å². The summed E-state index contributed by atoms with van der Waals surface area (Å²) in [6, 6.07) is 7.68. The second-order valence-electron chi connectivity index (χ2n) is 4.37. The number of halogens is 2. The predicted molar refractivity (Wildman–Crippen MR) is 87.7 cm³/mol. The standard InChI is InChI=1S/C14H21BrN2O2.ClH/c1-11(10-17-14(18)8-5-9-16-2)19-13-7-4-3-6-12(13)15;/h3-4,6-7,11,16H,5,8-10H2,1-2H3,(H,17,18);1H. The monoisotopic (exact) mass is 364 g/mol. The molecule has 6 heteroatoms. The Bertz CT molecular complexity index is 405. The summed E-state index contributed by atoms with van der Waals surface area (Å²) in [4.78, 5) is 11.5. The number of para-hydroxylation sites is 1. The highest BCUT2D eigenvalue weighted by Gasteiger charge is 2.08. The highest BCUT2D eigenvalue weighted by atomic mass is 79.9. The van der Waals surface area contributed by atoms with Gasteiger partial charge in [-0.3, -0.25) is 4.79 Å². The van der Waals surface area contributed by atoms with E-state index in [9.17, 15) is 4.79 Å². The van der Waals surface area contributed by atoms with Gasteiger partial charge in [0.1, 0.15) is 11.9 Å². The van der Waals surface area contributed by atoms with Gasteiger partial charge < -0.3 is 15.4 Å². The van der Waals surface area contributed by atoms with Gasteiger partial charge in [-0.1, -0.05) is 12.1 Å². The fourth-order valence-corrected chi connectivity index (χ4v) is 1.95. The number of carbonyl (C=O) groups is 1. The van der Waals surface area contributed by atoms with E-state index in [1.54, 1.807) is 0 Å². The van der Waals surface area contributed by atoms with Gasteiger partial charge in [0.15, 0.2) is 0 Å². The molecule has 4 nitrogen and oxygen atoms in total. The predicted octanol–water partition coefficient (Wildman–Crippen LogP) is 2.75. The van der Waals surface area contributed by atoms with Gasteiger partial charge in [0.2, 0.25) is 5.91 Å². The van der Waals surface area contributed by atoms with Gasteiger partial charge in [-0.15, -0.1) is 12.4 Å². The van der Waals surface area contributed by atoms with Crippen LogP contribution < -0.4 is 15.4 Å². The third-order valence-electron chi connectivity index (χ3n) is 2.58. The number of benzene rings is 1. The van der Waals surface area contributed by atoms with Crippen molar-refractivity contribution >= 4 is 34.2 Å². The molecule has 1 atom stereocenters. The normalized spacial score (nSPS) is 11.3. The van der Waals surface area contributed by atoms with Gasteiger partial charge in [-0.2, -0.15) is 0 Å². The number of hydrogen-bond acceptors (Lipinski definition) is 3. The molecule has 0 spiro atoms. The third kappa shape index (κ3) is 7.72. The van der Waals surface area contributed by atoms with Crippen LogP contribution in [0.15, 0.2) is 28.7 Å². The average molecular weight is 366 g/mol. The van der Waals surface area contributed by atoms with E-state index in [2.05, 4.69) is 26.6 Å². The second kappa shape index (κ2) is 10.9. The van der Waals surface area contributed by atoms with Gasteiger partial charge in [-0.25, -0.2) is 0 Å². The lowest BCUT2D eigenvalue weighted by atomic mass is 10.3. The van der Waals surface area contributed by atoms with Crippen molar-refractivity contribution < 1.29 is 9.53 Å². The molecule has 0 fully saturated rings. The molecule has 0 aromatic heterocycles. The SMILES string of the molecule is CNCCCC(=O)NCC(C)Oc1ccccc1Br.Cl. The van der Waals surface area contributed by atoms with Crippen LogP contribution in [0.25, 0.3) is 0 Å². The Morgan fingerprint density at radius 2 is 2.10 bits per heavy atom. The lowest BCUT2D eigenvalue weighted by Crippen LogP contribution is -2.33. The van der Waals surface area contributed by atoms with Crippen molar-refractivity contribution in [2.75, 3.05) is 20.1 Å². The molecule has 0 radical (unpaired) electrons. The molecule has 0 aliphatic carbocycles. The Labute approximate surface area is 135 Å². The van der Waals surface area contributed by atoms with Gasteiger partial charge in [0.05, 0.1) is 11.0 Å². The fourth-order valence-electron chi connectivity index (χ4n) is 1.57. The molecule has 0 bridgehead atoms. The van der Waals surface area contributed by atoms with E-state index in [1.807, 2.05) is 38.2 Å². The van der Waals surface area contributed by atoms with Crippen LogP contribution in [0.1, 0.15) is 19.8 Å². The van der Waals surface area contributed by atoms with Crippen LogP contribution in [0.5, 0.6) is 5.75 Å². The molecule has 114 valence electrons. The molecule has 1 rings (SSSR count). The summed E-state index contributed by atoms with van der Waals surface area (Å²) in [5.41, 5.74) is 0. The molecular weight excluding hydrogens is 344 g/mol. The lowest BCUT2D eigenvalue weighted by Gasteiger charge is -2.16. The zero-order chi connectivity index (χ0) is 14.1. The first-order valence-electron chi connectivity index (χ1n) is 6.46. The molecule has 1 aromatic carbocycles. The van der Waals surface area contributed by atoms with Gasteiger partial charge in [0.25, 0.3) is 0 Å². The molecular formula is C14H22BrClN2O2. The van der Waals surface area contributed by atoms with Crippen LogP contribution in [0.3, 0.4) is 0 Å². The molecule has 0 saturated carbocycles. The van der Waals surface area contributed by atoms with Crippen LogP contribution in [-0.4, -0.2) is 32.1 Å². The van der Waals surface area contributed by atoms with E-state index in [1.165, 1.54) is 0 Å². The number of amides is 1. The van der Waals surface area contributed by atoms with Crippen molar-refractivity contribution in [3.63, 3.8) is 0 Å². The average Bonchev–Trinajstić information content (AvgIpc) is 2.39. The number of carbonyl (C=O) groups excluding carboxylic acids is 1. The van der Waals surface area contributed by atoms with Crippen molar-refractivity contribution in [3.05, 3.63) is 28.7 Å². The van der Waals surface area contributed by atoms with E-state index in [0.717, 1.165) is 23.2 Å². The van der Waals surface area contributed by atoms with Crippen LogP contribution in [0.2, 0.25) is 0 Å². The molecule has 0 heterocycles. The maximum atomic E-state index is 11.5. The minimum atomic E-state index is -0.0630. The third-order valence-corrected chi connectivity index (χ3v) is 3.24. The van der Waals surface area contributed by atoms with E-state index < -0.39 is 0 Å². The molecule has 2 N–H and O–H groups in total. The smallest absolute Gasteiger partial charge is 0.220 e. The quantitative estimate of drug-likeness (QED) is 0.697. The van der Waals surface area contributed by atoms with E-state index >= 15 is 0 Å². The van der Waals surface area contributed by atoms with Crippen LogP contribution in [-0.2, 0) is 4.79 Å². The number of rotatable bonds is 8.